The maximum absolute atomic E-state index is 2.61. The van der Waals surface area contributed by atoms with E-state index in [1.165, 1.54) is 155 Å². The first kappa shape index (κ1) is 32.9. The Morgan fingerprint density at radius 3 is 1.00 bits per heavy atom. The third-order valence-corrected chi connectivity index (χ3v) is 8.03. The van der Waals surface area contributed by atoms with Gasteiger partial charge in [-0.15, -0.1) is 0 Å². The smallest absolute Gasteiger partial charge is 0.0153 e. The van der Waals surface area contributed by atoms with Gasteiger partial charge in [-0.05, 0) is 59.4 Å². The Morgan fingerprint density at radius 2 is 0.697 bits per heavy atom. The first-order valence-corrected chi connectivity index (χ1v) is 15.5. The van der Waals surface area contributed by atoms with Crippen LogP contribution in [0.1, 0.15) is 164 Å². The SMILES string of the molecule is CCN(CC)CCCCCCCCCCCCCCCCCCCCC(C)(C)N(CC)CC. The van der Waals surface area contributed by atoms with E-state index in [-0.39, 0.29) is 0 Å². The molecule has 0 spiro atoms. The summed E-state index contributed by atoms with van der Waals surface area (Å²) in [5.41, 5.74) is 0.383. The van der Waals surface area contributed by atoms with Crippen molar-refractivity contribution in [3.63, 3.8) is 0 Å². The molecule has 0 unspecified atom stereocenters. The van der Waals surface area contributed by atoms with Crippen LogP contribution in [0.25, 0.3) is 0 Å². The summed E-state index contributed by atoms with van der Waals surface area (Å²) in [6, 6.07) is 0. The molecule has 0 bridgehead atoms. The molecule has 0 aliphatic heterocycles. The van der Waals surface area contributed by atoms with Crippen LogP contribution in [0.15, 0.2) is 0 Å². The Labute approximate surface area is 211 Å². The van der Waals surface area contributed by atoms with Gasteiger partial charge in [-0.25, -0.2) is 0 Å². The van der Waals surface area contributed by atoms with E-state index >= 15 is 0 Å². The van der Waals surface area contributed by atoms with Crippen molar-refractivity contribution in [3.8, 4) is 0 Å². The monoisotopic (exact) mass is 467 g/mol. The highest BCUT2D eigenvalue weighted by molar-refractivity contribution is 4.79. The molecule has 0 N–H and O–H groups in total. The van der Waals surface area contributed by atoms with Gasteiger partial charge in [-0.2, -0.15) is 0 Å². The fraction of sp³-hybridized carbons (Fsp3) is 1.00. The largest absolute Gasteiger partial charge is 0.304 e. The van der Waals surface area contributed by atoms with Gasteiger partial charge >= 0.3 is 0 Å². The van der Waals surface area contributed by atoms with Crippen LogP contribution < -0.4 is 0 Å². The molecule has 0 rings (SSSR count). The second kappa shape index (κ2) is 23.7. The fourth-order valence-electron chi connectivity index (χ4n) is 5.50. The lowest BCUT2D eigenvalue weighted by Gasteiger charge is -2.37. The molecule has 0 aromatic carbocycles. The summed E-state index contributed by atoms with van der Waals surface area (Å²) < 4.78 is 0. The first-order chi connectivity index (χ1) is 16.0. The van der Waals surface area contributed by atoms with Crippen LogP contribution in [0.2, 0.25) is 0 Å². The highest BCUT2D eigenvalue weighted by Gasteiger charge is 2.23. The minimum atomic E-state index is 0.383. The Bertz CT molecular complexity index is 371. The molecule has 0 saturated carbocycles. The minimum Gasteiger partial charge on any atom is -0.304 e. The summed E-state index contributed by atoms with van der Waals surface area (Å²) in [4.78, 5) is 5.17. The van der Waals surface area contributed by atoms with Crippen LogP contribution in [0.3, 0.4) is 0 Å². The Hall–Kier alpha value is -0.0800. The van der Waals surface area contributed by atoms with Crippen molar-refractivity contribution in [2.45, 2.75) is 169 Å². The van der Waals surface area contributed by atoms with Crippen molar-refractivity contribution in [3.05, 3.63) is 0 Å². The normalized spacial score (nSPS) is 12.4. The van der Waals surface area contributed by atoms with Crippen LogP contribution >= 0.6 is 0 Å². The average Bonchev–Trinajstić information content (AvgIpc) is 2.80. The molecule has 0 aliphatic carbocycles. The lowest BCUT2D eigenvalue weighted by molar-refractivity contribution is 0.122. The van der Waals surface area contributed by atoms with Crippen molar-refractivity contribution in [1.82, 2.24) is 9.80 Å². The lowest BCUT2D eigenvalue weighted by atomic mass is 9.94. The van der Waals surface area contributed by atoms with E-state index in [0.717, 1.165) is 0 Å². The molecule has 0 saturated heterocycles. The maximum atomic E-state index is 2.61. The second-order valence-electron chi connectivity index (χ2n) is 11.1. The molecule has 0 heterocycles. The summed E-state index contributed by atoms with van der Waals surface area (Å²) in [5.74, 6) is 0. The third-order valence-electron chi connectivity index (χ3n) is 8.03. The van der Waals surface area contributed by atoms with Crippen molar-refractivity contribution in [2.24, 2.45) is 0 Å². The zero-order valence-electron chi connectivity index (χ0n) is 24.4. The molecule has 2 nitrogen and oxygen atoms in total. The third kappa shape index (κ3) is 19.9. The van der Waals surface area contributed by atoms with Gasteiger partial charge in [-0.3, -0.25) is 4.90 Å². The van der Waals surface area contributed by atoms with Crippen LogP contribution in [-0.4, -0.2) is 48.1 Å². The summed E-state index contributed by atoms with van der Waals surface area (Å²) in [5, 5.41) is 0. The Balaban J connectivity index is 3.24. The summed E-state index contributed by atoms with van der Waals surface area (Å²) >= 11 is 0. The first-order valence-electron chi connectivity index (χ1n) is 15.5. The zero-order valence-corrected chi connectivity index (χ0v) is 24.4. The molecule has 0 atom stereocenters. The van der Waals surface area contributed by atoms with Crippen molar-refractivity contribution < 1.29 is 0 Å². The molecule has 2 heteroatoms. The quantitative estimate of drug-likeness (QED) is 0.117. The topological polar surface area (TPSA) is 6.48 Å². The van der Waals surface area contributed by atoms with Crippen LogP contribution in [0.4, 0.5) is 0 Å². The van der Waals surface area contributed by atoms with E-state index in [2.05, 4.69) is 51.3 Å². The number of unbranched alkanes of at least 4 members (excludes halogenated alkanes) is 17. The molecular formula is C31H66N2. The highest BCUT2D eigenvalue weighted by atomic mass is 15.2. The van der Waals surface area contributed by atoms with E-state index < -0.39 is 0 Å². The van der Waals surface area contributed by atoms with Crippen LogP contribution in [-0.2, 0) is 0 Å². The summed E-state index contributed by atoms with van der Waals surface area (Å²) in [6.45, 7) is 20.1. The van der Waals surface area contributed by atoms with Crippen LogP contribution in [0.5, 0.6) is 0 Å². The number of rotatable bonds is 26. The highest BCUT2D eigenvalue weighted by Crippen LogP contribution is 2.22. The maximum Gasteiger partial charge on any atom is 0.0153 e. The molecule has 0 aromatic rings. The summed E-state index contributed by atoms with van der Waals surface area (Å²) in [7, 11) is 0. The zero-order chi connectivity index (χ0) is 24.6. The predicted molar refractivity (Wildman–Crippen MR) is 153 cm³/mol. The van der Waals surface area contributed by atoms with Gasteiger partial charge in [0.15, 0.2) is 0 Å². The van der Waals surface area contributed by atoms with Gasteiger partial charge in [-0.1, -0.05) is 137 Å². The number of hydrogen-bond acceptors (Lipinski definition) is 2. The van der Waals surface area contributed by atoms with E-state index in [1.54, 1.807) is 0 Å². The minimum absolute atomic E-state index is 0.383. The molecule has 0 aliphatic rings. The predicted octanol–water partition coefficient (Wildman–Crippen LogP) is 9.86. The standard InChI is InChI=1S/C31H66N2/c1-7-32(8-2)30-28-26-24-22-20-18-16-14-12-11-13-15-17-19-21-23-25-27-29-31(5,6)33(9-3)10-4/h7-30H2,1-6H3. The summed E-state index contributed by atoms with van der Waals surface area (Å²) in [6.07, 6.45) is 27.6. The lowest BCUT2D eigenvalue weighted by Crippen LogP contribution is -2.43. The molecule has 0 fully saturated rings. The van der Waals surface area contributed by atoms with Gasteiger partial charge in [0.05, 0.1) is 0 Å². The van der Waals surface area contributed by atoms with Gasteiger partial charge in [0.25, 0.3) is 0 Å². The molecular weight excluding hydrogens is 400 g/mol. The molecule has 33 heavy (non-hydrogen) atoms. The molecule has 200 valence electrons. The Kier molecular flexibility index (Phi) is 23.6. The van der Waals surface area contributed by atoms with Crippen molar-refractivity contribution >= 4 is 0 Å². The van der Waals surface area contributed by atoms with Crippen LogP contribution in [0, 0.1) is 0 Å². The van der Waals surface area contributed by atoms with E-state index in [0.29, 0.717) is 5.54 Å². The van der Waals surface area contributed by atoms with Crippen molar-refractivity contribution in [1.29, 1.82) is 0 Å². The van der Waals surface area contributed by atoms with E-state index in [4.69, 9.17) is 0 Å². The number of nitrogens with zero attached hydrogens (tertiary/aromatic N) is 2. The number of hydrogen-bond donors (Lipinski definition) is 0. The second-order valence-corrected chi connectivity index (χ2v) is 11.1. The van der Waals surface area contributed by atoms with Gasteiger partial charge in [0, 0.05) is 5.54 Å². The molecule has 0 amide bonds. The fourth-order valence-corrected chi connectivity index (χ4v) is 5.50. The average molecular weight is 467 g/mol. The van der Waals surface area contributed by atoms with E-state index in [1.807, 2.05) is 0 Å². The van der Waals surface area contributed by atoms with Crippen molar-refractivity contribution in [2.75, 3.05) is 32.7 Å². The van der Waals surface area contributed by atoms with Gasteiger partial charge in [0.2, 0.25) is 0 Å². The molecule has 0 radical (unpaired) electrons. The molecule has 0 aromatic heterocycles. The van der Waals surface area contributed by atoms with E-state index in [9.17, 15) is 0 Å². The Morgan fingerprint density at radius 1 is 0.394 bits per heavy atom. The van der Waals surface area contributed by atoms with Gasteiger partial charge < -0.3 is 4.90 Å². The van der Waals surface area contributed by atoms with Gasteiger partial charge in [0.1, 0.15) is 0 Å².